The zero-order valence-electron chi connectivity index (χ0n) is 7.97. The van der Waals surface area contributed by atoms with Crippen LogP contribution in [-0.2, 0) is 9.53 Å². The van der Waals surface area contributed by atoms with Crippen LogP contribution in [0.3, 0.4) is 0 Å². The van der Waals surface area contributed by atoms with Gasteiger partial charge in [-0.2, -0.15) is 0 Å². The maximum Gasteiger partial charge on any atom is 0.132 e. The van der Waals surface area contributed by atoms with E-state index in [2.05, 4.69) is 13.8 Å². The second-order valence-electron chi connectivity index (χ2n) is 2.86. The molecule has 12 heavy (non-hydrogen) atoms. The van der Waals surface area contributed by atoms with Gasteiger partial charge in [0.25, 0.3) is 0 Å². The average molecular weight is 171 g/mol. The van der Waals surface area contributed by atoms with E-state index >= 15 is 0 Å². The lowest BCUT2D eigenvalue weighted by atomic mass is 10.2. The molecule has 0 saturated carbocycles. The summed E-state index contributed by atoms with van der Waals surface area (Å²) in [6.07, 6.45) is 4.16. The Labute approximate surface area is 75.3 Å². The van der Waals surface area contributed by atoms with Crippen molar-refractivity contribution in [2.45, 2.75) is 39.0 Å². The minimum Gasteiger partial charge on any atom is -0.381 e. The summed E-state index contributed by atoms with van der Waals surface area (Å²) in [5.74, 6) is 0.231. The molecule has 2 nitrogen and oxygen atoms in total. The van der Waals surface area contributed by atoms with Crippen molar-refractivity contribution in [1.82, 2.24) is 0 Å². The van der Waals surface area contributed by atoms with E-state index in [0.29, 0.717) is 19.4 Å². The van der Waals surface area contributed by atoms with Crippen molar-refractivity contribution in [1.29, 1.82) is 0 Å². The van der Waals surface area contributed by atoms with Crippen molar-refractivity contribution in [3.8, 4) is 0 Å². The smallest absolute Gasteiger partial charge is 0.132 e. The molecule has 0 aliphatic carbocycles. The van der Waals surface area contributed by atoms with Crippen LogP contribution in [0.25, 0.3) is 0 Å². The summed E-state index contributed by atoms with van der Waals surface area (Å²) >= 11 is 0. The highest BCUT2D eigenvalue weighted by atomic mass is 16.5. The monoisotopic (exact) mass is 171 g/mol. The number of carbonyl (C=O) groups is 1. The molecule has 0 heterocycles. The first-order valence-electron chi connectivity index (χ1n) is 4.70. The van der Waals surface area contributed by atoms with Gasteiger partial charge in [0.15, 0.2) is 0 Å². The van der Waals surface area contributed by atoms with Gasteiger partial charge >= 0.3 is 0 Å². The number of ether oxygens (including phenoxy) is 1. The summed E-state index contributed by atoms with van der Waals surface area (Å²) < 4.78 is 5.30. The molecule has 0 aliphatic heterocycles. The molecule has 71 valence electrons. The Morgan fingerprint density at radius 2 is 2.00 bits per heavy atom. The van der Waals surface area contributed by atoms with Gasteiger partial charge in [-0.15, -0.1) is 0 Å². The van der Waals surface area contributed by atoms with Crippen molar-refractivity contribution >= 4 is 5.78 Å². The Hall–Kier alpha value is -0.370. The SMILES string of the molecule is [CH2]CC(=O)CCCOCCCC. The molecular formula is C10H19O2. The van der Waals surface area contributed by atoms with Gasteiger partial charge in [-0.1, -0.05) is 13.3 Å². The number of carbonyl (C=O) groups excluding carboxylic acids is 1. The first-order valence-corrected chi connectivity index (χ1v) is 4.70. The first-order chi connectivity index (χ1) is 5.81. The Bertz CT molecular complexity index is 110. The molecule has 0 amide bonds. The molecule has 1 radical (unpaired) electrons. The molecule has 0 aromatic carbocycles. The predicted molar refractivity (Wildman–Crippen MR) is 49.9 cm³/mol. The van der Waals surface area contributed by atoms with Crippen molar-refractivity contribution in [2.75, 3.05) is 13.2 Å². The number of hydrogen-bond acceptors (Lipinski definition) is 2. The number of hydrogen-bond donors (Lipinski definition) is 0. The summed E-state index contributed by atoms with van der Waals surface area (Å²) in [5.41, 5.74) is 0. The third kappa shape index (κ3) is 7.73. The van der Waals surface area contributed by atoms with Crippen molar-refractivity contribution in [2.24, 2.45) is 0 Å². The number of ketones is 1. The van der Waals surface area contributed by atoms with Crippen LogP contribution in [0.2, 0.25) is 0 Å². The van der Waals surface area contributed by atoms with Gasteiger partial charge in [-0.05, 0) is 19.8 Å². The van der Waals surface area contributed by atoms with E-state index in [0.717, 1.165) is 25.9 Å². The van der Waals surface area contributed by atoms with Gasteiger partial charge in [0.1, 0.15) is 5.78 Å². The number of rotatable bonds is 8. The van der Waals surface area contributed by atoms with Gasteiger partial charge in [-0.3, -0.25) is 4.79 Å². The van der Waals surface area contributed by atoms with Crippen LogP contribution in [0.5, 0.6) is 0 Å². The maximum absolute atomic E-state index is 10.8. The number of unbranched alkanes of at least 4 members (excludes halogenated alkanes) is 1. The predicted octanol–water partition coefficient (Wildman–Crippen LogP) is 2.38. The molecule has 0 saturated heterocycles. The van der Waals surface area contributed by atoms with Gasteiger partial charge in [-0.25, -0.2) is 0 Å². The molecule has 0 aliphatic rings. The molecule has 0 aromatic rings. The van der Waals surface area contributed by atoms with E-state index in [4.69, 9.17) is 4.74 Å². The van der Waals surface area contributed by atoms with Crippen LogP contribution in [0, 0.1) is 6.92 Å². The van der Waals surface area contributed by atoms with E-state index in [1.54, 1.807) is 0 Å². The lowest BCUT2D eigenvalue weighted by Crippen LogP contribution is -2.01. The van der Waals surface area contributed by atoms with Crippen LogP contribution in [-0.4, -0.2) is 19.0 Å². The fourth-order valence-electron chi connectivity index (χ4n) is 0.845. The first kappa shape index (κ1) is 11.6. The van der Waals surface area contributed by atoms with Crippen LogP contribution < -0.4 is 0 Å². The molecule has 0 N–H and O–H groups in total. The van der Waals surface area contributed by atoms with Crippen LogP contribution in [0.1, 0.15) is 39.0 Å². The Kier molecular flexibility index (Phi) is 8.46. The van der Waals surface area contributed by atoms with Crippen LogP contribution in [0.15, 0.2) is 0 Å². The highest BCUT2D eigenvalue weighted by Crippen LogP contribution is 1.96. The Morgan fingerprint density at radius 1 is 1.33 bits per heavy atom. The van der Waals surface area contributed by atoms with Crippen molar-refractivity contribution in [3.05, 3.63) is 6.92 Å². The summed E-state index contributed by atoms with van der Waals surface area (Å²) in [5, 5.41) is 0. The molecule has 2 heteroatoms. The molecule has 0 rings (SSSR count). The normalized spacial score (nSPS) is 10.2. The highest BCUT2D eigenvalue weighted by Gasteiger charge is 1.96. The van der Waals surface area contributed by atoms with Gasteiger partial charge in [0.2, 0.25) is 0 Å². The average Bonchev–Trinajstić information content (AvgIpc) is 2.10. The van der Waals surface area contributed by atoms with E-state index in [1.807, 2.05) is 0 Å². The quantitative estimate of drug-likeness (QED) is 0.524. The zero-order valence-corrected chi connectivity index (χ0v) is 7.97. The second kappa shape index (κ2) is 8.72. The summed E-state index contributed by atoms with van der Waals surface area (Å²) in [6, 6.07) is 0. The molecule has 0 bridgehead atoms. The van der Waals surface area contributed by atoms with Gasteiger partial charge in [0, 0.05) is 26.1 Å². The summed E-state index contributed by atoms with van der Waals surface area (Å²) in [7, 11) is 0. The maximum atomic E-state index is 10.8. The molecule has 0 fully saturated rings. The fraction of sp³-hybridized carbons (Fsp3) is 0.800. The highest BCUT2D eigenvalue weighted by molar-refractivity contribution is 5.78. The van der Waals surface area contributed by atoms with E-state index < -0.39 is 0 Å². The van der Waals surface area contributed by atoms with Gasteiger partial charge < -0.3 is 4.74 Å². The van der Waals surface area contributed by atoms with E-state index in [-0.39, 0.29) is 5.78 Å². The third-order valence-electron chi connectivity index (χ3n) is 1.67. The van der Waals surface area contributed by atoms with Crippen molar-refractivity contribution in [3.63, 3.8) is 0 Å². The largest absolute Gasteiger partial charge is 0.381 e. The minimum absolute atomic E-state index is 0.231. The Morgan fingerprint density at radius 3 is 2.58 bits per heavy atom. The van der Waals surface area contributed by atoms with E-state index in [9.17, 15) is 4.79 Å². The molecule has 0 unspecified atom stereocenters. The van der Waals surface area contributed by atoms with Gasteiger partial charge in [0.05, 0.1) is 0 Å². The third-order valence-corrected chi connectivity index (χ3v) is 1.67. The summed E-state index contributed by atoms with van der Waals surface area (Å²) in [6.45, 7) is 7.20. The Balaban J connectivity index is 2.95. The second-order valence-corrected chi connectivity index (χ2v) is 2.86. The summed E-state index contributed by atoms with van der Waals surface area (Å²) in [4.78, 5) is 10.8. The van der Waals surface area contributed by atoms with E-state index in [1.165, 1.54) is 0 Å². The topological polar surface area (TPSA) is 26.3 Å². The molecule has 0 aromatic heterocycles. The van der Waals surface area contributed by atoms with Crippen molar-refractivity contribution < 1.29 is 9.53 Å². The fourth-order valence-corrected chi connectivity index (χ4v) is 0.845. The molecule has 0 spiro atoms. The van der Waals surface area contributed by atoms with Crippen LogP contribution in [0.4, 0.5) is 0 Å². The lowest BCUT2D eigenvalue weighted by Gasteiger charge is -2.01. The minimum atomic E-state index is 0.231. The number of Topliss-reactive ketones (excluding diaryl/α,β-unsaturated/α-hetero) is 1. The zero-order chi connectivity index (χ0) is 9.23. The lowest BCUT2D eigenvalue weighted by molar-refractivity contribution is -0.118. The molecular weight excluding hydrogens is 152 g/mol. The van der Waals surface area contributed by atoms with Crippen LogP contribution >= 0.6 is 0 Å². The molecule has 0 atom stereocenters. The standard InChI is InChI=1S/C10H19O2/c1-3-5-8-12-9-6-7-10(11)4-2/h2-9H2,1H3.